The molecule has 1 N–H and O–H groups in total. The number of hydrogen-bond acceptors (Lipinski definition) is 7. The zero-order chi connectivity index (χ0) is 19.3. The number of carbonyl (C=O) groups excluding carboxylic acids is 1. The van der Waals surface area contributed by atoms with Gasteiger partial charge in [-0.2, -0.15) is 0 Å². The number of hydrogen-bond donors (Lipinski definition) is 1. The van der Waals surface area contributed by atoms with E-state index in [1.165, 1.54) is 23.3 Å². The van der Waals surface area contributed by atoms with Gasteiger partial charge in [0.2, 0.25) is 5.01 Å². The van der Waals surface area contributed by atoms with Crippen molar-refractivity contribution in [1.29, 1.82) is 0 Å². The average molecular weight is 403 g/mol. The molecular weight excluding hydrogens is 376 g/mol. The topological polar surface area (TPSA) is 76.6 Å². The largest absolute Gasteiger partial charge is 0.349 e. The van der Waals surface area contributed by atoms with E-state index < -0.39 is 0 Å². The summed E-state index contributed by atoms with van der Waals surface area (Å²) in [5, 5.41) is 12.5. The molecule has 0 saturated carbocycles. The van der Waals surface area contributed by atoms with E-state index in [0.717, 1.165) is 36.5 Å². The molecule has 2 saturated heterocycles. The summed E-state index contributed by atoms with van der Waals surface area (Å²) in [6, 6.07) is 8.11. The molecule has 0 spiro atoms. The maximum absolute atomic E-state index is 12.5. The SMILES string of the molecule is CCc1ccc(NC(=O)c2nnc(CN3CCCCC3C3OCCO3)s2)cc1. The molecule has 2 aromatic rings. The third kappa shape index (κ3) is 4.57. The third-order valence-electron chi connectivity index (χ3n) is 5.25. The summed E-state index contributed by atoms with van der Waals surface area (Å²) in [7, 11) is 0. The van der Waals surface area contributed by atoms with Crippen LogP contribution in [0.3, 0.4) is 0 Å². The van der Waals surface area contributed by atoms with E-state index >= 15 is 0 Å². The van der Waals surface area contributed by atoms with E-state index in [1.54, 1.807) is 0 Å². The second-order valence-electron chi connectivity index (χ2n) is 7.15. The van der Waals surface area contributed by atoms with Gasteiger partial charge in [-0.25, -0.2) is 0 Å². The number of aromatic nitrogens is 2. The molecule has 3 heterocycles. The van der Waals surface area contributed by atoms with Gasteiger partial charge in [-0.15, -0.1) is 10.2 Å². The van der Waals surface area contributed by atoms with Crippen LogP contribution in [0.5, 0.6) is 0 Å². The minimum Gasteiger partial charge on any atom is -0.349 e. The summed E-state index contributed by atoms with van der Waals surface area (Å²) in [6.45, 7) is 5.09. The number of anilines is 1. The molecular formula is C20H26N4O3S. The van der Waals surface area contributed by atoms with Gasteiger partial charge in [-0.1, -0.05) is 36.8 Å². The molecule has 8 heteroatoms. The molecule has 1 aromatic heterocycles. The van der Waals surface area contributed by atoms with Crippen molar-refractivity contribution >= 4 is 22.9 Å². The fourth-order valence-corrected chi connectivity index (χ4v) is 4.47. The second kappa shape index (κ2) is 9.09. The maximum atomic E-state index is 12.5. The van der Waals surface area contributed by atoms with Crippen molar-refractivity contribution in [1.82, 2.24) is 15.1 Å². The summed E-state index contributed by atoms with van der Waals surface area (Å²) >= 11 is 1.35. The Kier molecular flexibility index (Phi) is 6.31. The Morgan fingerprint density at radius 1 is 1.21 bits per heavy atom. The van der Waals surface area contributed by atoms with Crippen molar-refractivity contribution < 1.29 is 14.3 Å². The molecule has 0 radical (unpaired) electrons. The fraction of sp³-hybridized carbons (Fsp3) is 0.550. The molecule has 150 valence electrons. The number of benzene rings is 1. The summed E-state index contributed by atoms with van der Waals surface area (Å²) in [4.78, 5) is 14.8. The van der Waals surface area contributed by atoms with Crippen molar-refractivity contribution in [3.05, 3.63) is 39.8 Å². The lowest BCUT2D eigenvalue weighted by Crippen LogP contribution is -2.46. The first-order valence-electron chi connectivity index (χ1n) is 9.93. The average Bonchev–Trinajstić information content (AvgIpc) is 3.41. The Bertz CT molecular complexity index is 789. The fourth-order valence-electron chi connectivity index (χ4n) is 3.71. The maximum Gasteiger partial charge on any atom is 0.286 e. The molecule has 1 aromatic carbocycles. The summed E-state index contributed by atoms with van der Waals surface area (Å²) in [5.41, 5.74) is 2.01. The first-order chi connectivity index (χ1) is 13.7. The van der Waals surface area contributed by atoms with Crippen molar-refractivity contribution in [3.63, 3.8) is 0 Å². The number of nitrogens with one attached hydrogen (secondary N) is 1. The highest BCUT2D eigenvalue weighted by atomic mass is 32.1. The van der Waals surface area contributed by atoms with Crippen molar-refractivity contribution in [2.45, 2.75) is 51.5 Å². The lowest BCUT2D eigenvalue weighted by atomic mass is 10.0. The molecule has 1 unspecified atom stereocenters. The van der Waals surface area contributed by atoms with Gasteiger partial charge in [0.05, 0.1) is 25.8 Å². The highest BCUT2D eigenvalue weighted by Crippen LogP contribution is 2.26. The van der Waals surface area contributed by atoms with Gasteiger partial charge in [-0.05, 0) is 43.5 Å². The van der Waals surface area contributed by atoms with Gasteiger partial charge in [-0.3, -0.25) is 9.69 Å². The smallest absolute Gasteiger partial charge is 0.286 e. The van der Waals surface area contributed by atoms with Crippen LogP contribution in [0.1, 0.15) is 46.6 Å². The number of carbonyl (C=O) groups is 1. The minimum atomic E-state index is -0.217. The van der Waals surface area contributed by atoms with Gasteiger partial charge in [0, 0.05) is 5.69 Å². The highest BCUT2D eigenvalue weighted by Gasteiger charge is 2.34. The zero-order valence-electron chi connectivity index (χ0n) is 16.1. The van der Waals surface area contributed by atoms with Gasteiger partial charge in [0.15, 0.2) is 6.29 Å². The van der Waals surface area contributed by atoms with Crippen molar-refractivity contribution in [2.24, 2.45) is 0 Å². The van der Waals surface area contributed by atoms with Crippen LogP contribution >= 0.6 is 11.3 Å². The van der Waals surface area contributed by atoms with Crippen LogP contribution in [0.4, 0.5) is 5.69 Å². The summed E-state index contributed by atoms with van der Waals surface area (Å²) in [5.74, 6) is -0.217. The van der Waals surface area contributed by atoms with Crippen LogP contribution in [0.2, 0.25) is 0 Å². The predicted molar refractivity (Wildman–Crippen MR) is 107 cm³/mol. The lowest BCUT2D eigenvalue weighted by Gasteiger charge is -2.37. The molecule has 2 aliphatic heterocycles. The molecule has 0 aliphatic carbocycles. The zero-order valence-corrected chi connectivity index (χ0v) is 16.9. The highest BCUT2D eigenvalue weighted by molar-refractivity contribution is 7.13. The van der Waals surface area contributed by atoms with Crippen LogP contribution in [-0.2, 0) is 22.4 Å². The molecule has 1 amide bonds. The van der Waals surface area contributed by atoms with Crippen LogP contribution in [-0.4, -0.2) is 53.1 Å². The Morgan fingerprint density at radius 3 is 2.75 bits per heavy atom. The molecule has 7 nitrogen and oxygen atoms in total. The number of aryl methyl sites for hydroxylation is 1. The molecule has 2 fully saturated rings. The van der Waals surface area contributed by atoms with E-state index in [-0.39, 0.29) is 18.2 Å². The van der Waals surface area contributed by atoms with Crippen LogP contribution in [0.25, 0.3) is 0 Å². The van der Waals surface area contributed by atoms with Gasteiger partial charge < -0.3 is 14.8 Å². The Labute approximate surface area is 169 Å². The summed E-state index contributed by atoms with van der Waals surface area (Å²) < 4.78 is 11.5. The summed E-state index contributed by atoms with van der Waals surface area (Å²) in [6.07, 6.45) is 4.23. The number of likely N-dealkylation sites (tertiary alicyclic amines) is 1. The van der Waals surface area contributed by atoms with Crippen molar-refractivity contribution in [3.8, 4) is 0 Å². The molecule has 1 atom stereocenters. The number of ether oxygens (including phenoxy) is 2. The Balaban J connectivity index is 1.38. The number of amides is 1. The van der Waals surface area contributed by atoms with E-state index in [4.69, 9.17) is 9.47 Å². The number of piperidine rings is 1. The molecule has 0 bridgehead atoms. The first kappa shape index (κ1) is 19.4. The quantitative estimate of drug-likeness (QED) is 0.800. The molecule has 4 rings (SSSR count). The van der Waals surface area contributed by atoms with Crippen LogP contribution in [0, 0.1) is 0 Å². The predicted octanol–water partition coefficient (Wildman–Crippen LogP) is 3.08. The number of nitrogens with zero attached hydrogens (tertiary/aromatic N) is 3. The van der Waals surface area contributed by atoms with Crippen molar-refractivity contribution in [2.75, 3.05) is 25.1 Å². The van der Waals surface area contributed by atoms with Gasteiger partial charge in [0.1, 0.15) is 5.01 Å². The monoisotopic (exact) mass is 402 g/mol. The van der Waals surface area contributed by atoms with E-state index in [1.807, 2.05) is 24.3 Å². The second-order valence-corrected chi connectivity index (χ2v) is 8.21. The van der Waals surface area contributed by atoms with E-state index in [0.29, 0.717) is 24.8 Å². The Morgan fingerprint density at radius 2 is 2.00 bits per heavy atom. The normalized spacial score (nSPS) is 21.1. The third-order valence-corrected chi connectivity index (χ3v) is 6.15. The van der Waals surface area contributed by atoms with Crippen LogP contribution in [0.15, 0.2) is 24.3 Å². The van der Waals surface area contributed by atoms with Crippen LogP contribution < -0.4 is 5.32 Å². The number of rotatable bonds is 6. The van der Waals surface area contributed by atoms with Gasteiger partial charge in [0.25, 0.3) is 5.91 Å². The van der Waals surface area contributed by atoms with E-state index in [2.05, 4.69) is 27.3 Å². The van der Waals surface area contributed by atoms with E-state index in [9.17, 15) is 4.79 Å². The standard InChI is InChI=1S/C20H26N4O3S/c1-2-14-6-8-15(9-7-14)21-18(25)19-23-22-17(28-19)13-24-10-4-3-5-16(24)20-26-11-12-27-20/h6-9,16,20H,2-5,10-13H2,1H3,(H,21,25). The lowest BCUT2D eigenvalue weighted by molar-refractivity contribution is -0.111. The Hall–Kier alpha value is -1.87. The first-order valence-corrected chi connectivity index (χ1v) is 10.7. The molecule has 28 heavy (non-hydrogen) atoms. The minimum absolute atomic E-state index is 0.151. The molecule has 2 aliphatic rings. The van der Waals surface area contributed by atoms with Gasteiger partial charge >= 0.3 is 0 Å².